The lowest BCUT2D eigenvalue weighted by Crippen LogP contribution is -2.47. The van der Waals surface area contributed by atoms with E-state index in [0.717, 1.165) is 36.4 Å². The fourth-order valence-electron chi connectivity index (χ4n) is 3.57. The van der Waals surface area contributed by atoms with Gasteiger partial charge in [0.1, 0.15) is 22.3 Å². The van der Waals surface area contributed by atoms with E-state index in [1.54, 1.807) is 17.3 Å². The largest absolute Gasteiger partial charge is 0.444 e. The molecule has 3 rings (SSSR count). The number of carbonyl (C=O) groups excluding carboxylic acids is 1. The van der Waals surface area contributed by atoms with Crippen LogP contribution < -0.4 is 0 Å². The zero-order valence-corrected chi connectivity index (χ0v) is 18.4. The Labute approximate surface area is 169 Å². The van der Waals surface area contributed by atoms with Crippen LogP contribution in [0.4, 0.5) is 4.79 Å². The maximum Gasteiger partial charge on any atom is 0.410 e. The van der Waals surface area contributed by atoms with Gasteiger partial charge in [-0.2, -0.15) is 4.40 Å². The summed E-state index contributed by atoms with van der Waals surface area (Å²) in [6.45, 7) is 12.5. The highest BCUT2D eigenvalue weighted by molar-refractivity contribution is 7.85. The van der Waals surface area contributed by atoms with E-state index in [9.17, 15) is 9.00 Å². The lowest BCUT2D eigenvalue weighted by atomic mass is 9.75. The lowest BCUT2D eigenvalue weighted by molar-refractivity contribution is 0.0159. The third kappa shape index (κ3) is 4.26. The van der Waals surface area contributed by atoms with Crippen LogP contribution in [0.15, 0.2) is 16.8 Å². The second kappa shape index (κ2) is 7.21. The van der Waals surface area contributed by atoms with Crippen molar-refractivity contribution in [3.05, 3.63) is 23.8 Å². The van der Waals surface area contributed by atoms with E-state index in [1.807, 2.05) is 41.5 Å². The minimum Gasteiger partial charge on any atom is -0.444 e. The maximum absolute atomic E-state index is 12.8. The van der Waals surface area contributed by atoms with Gasteiger partial charge in [0.25, 0.3) is 0 Å². The number of carbonyl (C=O) groups is 1. The number of rotatable bonds is 1. The predicted octanol–water partition coefficient (Wildman–Crippen LogP) is 3.30. The third-order valence-corrected chi connectivity index (χ3v) is 6.47. The number of hydrogen-bond acceptors (Lipinski definition) is 5. The quantitative estimate of drug-likeness (QED) is 0.714. The van der Waals surface area contributed by atoms with Crippen molar-refractivity contribution in [3.63, 3.8) is 0 Å². The Hall–Kier alpha value is -1.83. The molecule has 2 heterocycles. The number of ether oxygens (including phenoxy) is 1. The molecule has 0 unspecified atom stereocenters. The Morgan fingerprint density at radius 1 is 1.14 bits per heavy atom. The SMILES string of the molecule is CC(C)(C)OC(=O)N1CCC2(CC1)Cc1nccnc1C2=N[S@](=O)C(C)(C)C. The van der Waals surface area contributed by atoms with Crippen LogP contribution in [-0.4, -0.2) is 54.3 Å². The van der Waals surface area contributed by atoms with Gasteiger partial charge in [-0.25, -0.2) is 9.00 Å². The van der Waals surface area contributed by atoms with Gasteiger partial charge in [-0.15, -0.1) is 0 Å². The van der Waals surface area contributed by atoms with E-state index in [0.29, 0.717) is 13.1 Å². The first-order chi connectivity index (χ1) is 12.9. The first-order valence-corrected chi connectivity index (χ1v) is 10.8. The molecule has 28 heavy (non-hydrogen) atoms. The zero-order chi connectivity index (χ0) is 20.7. The molecule has 0 radical (unpaired) electrons. The van der Waals surface area contributed by atoms with Crippen molar-refractivity contribution < 1.29 is 13.7 Å². The Bertz CT molecular complexity index is 815. The average Bonchev–Trinajstić information content (AvgIpc) is 2.86. The molecule has 7 nitrogen and oxygen atoms in total. The van der Waals surface area contributed by atoms with Gasteiger partial charge >= 0.3 is 6.09 Å². The van der Waals surface area contributed by atoms with Crippen molar-refractivity contribution in [1.29, 1.82) is 0 Å². The monoisotopic (exact) mass is 406 g/mol. The summed E-state index contributed by atoms with van der Waals surface area (Å²) in [7, 11) is -1.38. The number of aromatic nitrogens is 2. The van der Waals surface area contributed by atoms with Gasteiger partial charge in [-0.1, -0.05) is 0 Å². The van der Waals surface area contributed by atoms with Crippen LogP contribution >= 0.6 is 0 Å². The molecular weight excluding hydrogens is 376 g/mol. The Kier molecular flexibility index (Phi) is 5.38. The fourth-order valence-corrected chi connectivity index (χ4v) is 4.29. The van der Waals surface area contributed by atoms with Gasteiger partial charge in [0.2, 0.25) is 0 Å². The number of likely N-dealkylation sites (tertiary alicyclic amines) is 1. The van der Waals surface area contributed by atoms with Crippen molar-refractivity contribution >= 4 is 22.8 Å². The maximum atomic E-state index is 12.8. The molecule has 0 N–H and O–H groups in total. The molecule has 0 saturated carbocycles. The van der Waals surface area contributed by atoms with Gasteiger partial charge in [-0.3, -0.25) is 9.97 Å². The molecule has 1 saturated heterocycles. The van der Waals surface area contributed by atoms with E-state index < -0.39 is 21.3 Å². The number of hydrogen-bond donors (Lipinski definition) is 0. The van der Waals surface area contributed by atoms with Crippen LogP contribution in [-0.2, 0) is 22.1 Å². The topological polar surface area (TPSA) is 84.8 Å². The second-order valence-corrected chi connectivity index (χ2v) is 11.5. The summed E-state index contributed by atoms with van der Waals surface area (Å²) in [5.41, 5.74) is 1.65. The van der Waals surface area contributed by atoms with Gasteiger partial charge < -0.3 is 9.64 Å². The zero-order valence-electron chi connectivity index (χ0n) is 17.6. The normalized spacial score (nSPS) is 21.6. The molecule has 1 atom stereocenters. The van der Waals surface area contributed by atoms with Crippen LogP contribution in [0.3, 0.4) is 0 Å². The van der Waals surface area contributed by atoms with Crippen molar-refractivity contribution in [3.8, 4) is 0 Å². The molecule has 1 aliphatic carbocycles. The Balaban J connectivity index is 1.86. The molecule has 1 fully saturated rings. The predicted molar refractivity (Wildman–Crippen MR) is 110 cm³/mol. The summed E-state index contributed by atoms with van der Waals surface area (Å²) in [6.07, 6.45) is 5.23. The van der Waals surface area contributed by atoms with Crippen molar-refractivity contribution in [2.45, 2.75) is 71.2 Å². The first-order valence-electron chi connectivity index (χ1n) is 9.71. The van der Waals surface area contributed by atoms with Crippen LogP contribution in [0.5, 0.6) is 0 Å². The smallest absolute Gasteiger partial charge is 0.410 e. The molecular formula is C20H30N4O3S. The first kappa shape index (κ1) is 20.9. The number of amides is 1. The molecule has 1 aromatic heterocycles. The summed E-state index contributed by atoms with van der Waals surface area (Å²) < 4.78 is 22.5. The van der Waals surface area contributed by atoms with Crippen molar-refractivity contribution in [2.24, 2.45) is 9.81 Å². The average molecular weight is 407 g/mol. The fraction of sp³-hybridized carbons (Fsp3) is 0.700. The van der Waals surface area contributed by atoms with Crippen LogP contribution in [0, 0.1) is 5.41 Å². The van der Waals surface area contributed by atoms with Crippen LogP contribution in [0.25, 0.3) is 0 Å². The Morgan fingerprint density at radius 2 is 1.75 bits per heavy atom. The molecule has 0 bridgehead atoms. The lowest BCUT2D eigenvalue weighted by Gasteiger charge is -2.39. The summed E-state index contributed by atoms with van der Waals surface area (Å²) in [5.74, 6) is 0. The highest BCUT2D eigenvalue weighted by Gasteiger charge is 2.48. The Morgan fingerprint density at radius 3 is 2.32 bits per heavy atom. The number of piperidine rings is 1. The summed E-state index contributed by atoms with van der Waals surface area (Å²) in [6, 6.07) is 0. The standard InChI is InChI=1S/C20H30N4O3S/c1-18(2,3)27-17(25)24-11-7-20(8-12-24)13-14-15(22-10-9-21-14)16(20)23-28(26)19(4,5)6/h9-10H,7-8,11-13H2,1-6H3/t28-/m1/s1. The van der Waals surface area contributed by atoms with Gasteiger partial charge in [-0.05, 0) is 54.4 Å². The second-order valence-electron chi connectivity index (χ2n) is 9.58. The van der Waals surface area contributed by atoms with E-state index in [2.05, 4.69) is 14.4 Å². The molecule has 154 valence electrons. The van der Waals surface area contributed by atoms with Crippen LogP contribution in [0.2, 0.25) is 0 Å². The minimum atomic E-state index is -1.38. The summed E-state index contributed by atoms with van der Waals surface area (Å²) >= 11 is 0. The highest BCUT2D eigenvalue weighted by atomic mass is 32.2. The van der Waals surface area contributed by atoms with Gasteiger partial charge in [0.15, 0.2) is 0 Å². The van der Waals surface area contributed by atoms with E-state index in [-0.39, 0.29) is 11.5 Å². The highest BCUT2D eigenvalue weighted by Crippen LogP contribution is 2.44. The molecule has 1 aromatic rings. The number of nitrogens with zero attached hydrogens (tertiary/aromatic N) is 4. The molecule has 2 aliphatic rings. The van der Waals surface area contributed by atoms with E-state index >= 15 is 0 Å². The van der Waals surface area contributed by atoms with Crippen molar-refractivity contribution in [2.75, 3.05) is 13.1 Å². The summed E-state index contributed by atoms with van der Waals surface area (Å²) in [5, 5.41) is 0. The van der Waals surface area contributed by atoms with E-state index in [1.165, 1.54) is 0 Å². The number of fused-ring (bicyclic) bond motifs is 1. The molecule has 1 aliphatic heterocycles. The van der Waals surface area contributed by atoms with Gasteiger partial charge in [0, 0.05) is 37.3 Å². The molecule has 8 heteroatoms. The van der Waals surface area contributed by atoms with Gasteiger partial charge in [0.05, 0.1) is 16.2 Å². The molecule has 1 spiro atoms. The minimum absolute atomic E-state index is 0.275. The third-order valence-electron chi connectivity index (χ3n) is 5.08. The van der Waals surface area contributed by atoms with Crippen molar-refractivity contribution in [1.82, 2.24) is 14.9 Å². The summed E-state index contributed by atoms with van der Waals surface area (Å²) in [4.78, 5) is 23.2. The van der Waals surface area contributed by atoms with E-state index in [4.69, 9.17) is 4.74 Å². The molecule has 0 aromatic carbocycles. The van der Waals surface area contributed by atoms with Crippen LogP contribution in [0.1, 0.15) is 65.8 Å². The molecule has 1 amide bonds.